The summed E-state index contributed by atoms with van der Waals surface area (Å²) in [5, 5.41) is 7.64. The molecule has 140 valence electrons. The predicted octanol–water partition coefficient (Wildman–Crippen LogP) is 2.92. The van der Waals surface area contributed by atoms with Crippen LogP contribution < -0.4 is 5.32 Å². The zero-order valence-electron chi connectivity index (χ0n) is 15.4. The maximum Gasteiger partial charge on any atom is 0.228 e. The van der Waals surface area contributed by atoms with Crippen LogP contribution in [0.1, 0.15) is 29.8 Å². The number of benzene rings is 1. The summed E-state index contributed by atoms with van der Waals surface area (Å²) >= 11 is 0. The van der Waals surface area contributed by atoms with E-state index in [2.05, 4.69) is 15.4 Å². The number of carbonyl (C=O) groups excluding carboxylic acids is 1. The molecule has 1 fully saturated rings. The SMILES string of the molecule is Cc1nn(-c2ccc(F)cc2)c(C)c1CNC(=O)C1(Cn2ccnc2)CC1. The Morgan fingerprint density at radius 2 is 2.00 bits per heavy atom. The van der Waals surface area contributed by atoms with Gasteiger partial charge in [0.15, 0.2) is 0 Å². The van der Waals surface area contributed by atoms with Crippen LogP contribution in [0.5, 0.6) is 0 Å². The van der Waals surface area contributed by atoms with E-state index in [9.17, 15) is 9.18 Å². The van der Waals surface area contributed by atoms with Gasteiger partial charge >= 0.3 is 0 Å². The molecular weight excluding hydrogens is 345 g/mol. The normalized spacial score (nSPS) is 14.9. The number of halogens is 1. The number of hydrogen-bond donors (Lipinski definition) is 1. The van der Waals surface area contributed by atoms with Gasteiger partial charge in [-0.25, -0.2) is 14.1 Å². The van der Waals surface area contributed by atoms with Gasteiger partial charge in [-0.1, -0.05) is 0 Å². The third-order valence-electron chi connectivity index (χ3n) is 5.32. The minimum atomic E-state index is -0.324. The van der Waals surface area contributed by atoms with Crippen LogP contribution in [0.4, 0.5) is 4.39 Å². The van der Waals surface area contributed by atoms with Gasteiger partial charge in [0.2, 0.25) is 5.91 Å². The second-order valence-electron chi connectivity index (χ2n) is 7.24. The lowest BCUT2D eigenvalue weighted by atomic mass is 10.1. The van der Waals surface area contributed by atoms with Crippen LogP contribution >= 0.6 is 0 Å². The van der Waals surface area contributed by atoms with E-state index < -0.39 is 0 Å². The number of aryl methyl sites for hydroxylation is 1. The molecule has 0 spiro atoms. The number of aromatic nitrogens is 4. The third-order valence-corrected chi connectivity index (χ3v) is 5.32. The molecule has 1 aliphatic carbocycles. The molecule has 0 atom stereocenters. The molecule has 1 aromatic carbocycles. The molecule has 0 bridgehead atoms. The van der Waals surface area contributed by atoms with Gasteiger partial charge in [0, 0.05) is 36.7 Å². The fourth-order valence-corrected chi connectivity index (χ4v) is 3.46. The highest BCUT2D eigenvalue weighted by Crippen LogP contribution is 2.47. The molecule has 1 aliphatic rings. The van der Waals surface area contributed by atoms with Gasteiger partial charge in [-0.15, -0.1) is 0 Å². The number of nitrogens with zero attached hydrogens (tertiary/aromatic N) is 4. The first-order chi connectivity index (χ1) is 13.0. The Hall–Kier alpha value is -2.96. The first-order valence-electron chi connectivity index (χ1n) is 9.04. The Bertz CT molecular complexity index is 955. The van der Waals surface area contributed by atoms with Crippen molar-refractivity contribution in [2.45, 2.75) is 39.8 Å². The molecule has 0 aliphatic heterocycles. The molecule has 0 unspecified atom stereocenters. The van der Waals surface area contributed by atoms with Crippen LogP contribution in [0.3, 0.4) is 0 Å². The Morgan fingerprint density at radius 1 is 1.26 bits per heavy atom. The molecule has 1 saturated carbocycles. The first kappa shape index (κ1) is 17.5. The molecule has 0 saturated heterocycles. The highest BCUT2D eigenvalue weighted by Gasteiger charge is 2.49. The highest BCUT2D eigenvalue weighted by molar-refractivity contribution is 5.85. The predicted molar refractivity (Wildman–Crippen MR) is 98.7 cm³/mol. The van der Waals surface area contributed by atoms with Crippen LogP contribution in [0.2, 0.25) is 0 Å². The van der Waals surface area contributed by atoms with E-state index in [-0.39, 0.29) is 17.1 Å². The molecule has 1 amide bonds. The van der Waals surface area contributed by atoms with Crippen LogP contribution in [0.25, 0.3) is 5.69 Å². The van der Waals surface area contributed by atoms with E-state index >= 15 is 0 Å². The van der Waals surface area contributed by atoms with E-state index in [1.807, 2.05) is 24.6 Å². The van der Waals surface area contributed by atoms with Crippen molar-refractivity contribution in [1.29, 1.82) is 0 Å². The zero-order valence-corrected chi connectivity index (χ0v) is 15.4. The molecule has 2 aromatic heterocycles. The molecule has 0 radical (unpaired) electrons. The van der Waals surface area contributed by atoms with Gasteiger partial charge < -0.3 is 9.88 Å². The molecule has 3 aromatic rings. The number of imidazole rings is 1. The lowest BCUT2D eigenvalue weighted by Gasteiger charge is -2.16. The number of hydrogen-bond acceptors (Lipinski definition) is 3. The molecule has 27 heavy (non-hydrogen) atoms. The summed E-state index contributed by atoms with van der Waals surface area (Å²) in [6.45, 7) is 4.98. The van der Waals surface area contributed by atoms with Gasteiger partial charge in [-0.05, 0) is 51.0 Å². The average molecular weight is 367 g/mol. The Labute approximate surface area is 157 Å². The van der Waals surface area contributed by atoms with E-state index in [0.717, 1.165) is 35.5 Å². The van der Waals surface area contributed by atoms with E-state index in [0.29, 0.717) is 13.1 Å². The summed E-state index contributed by atoms with van der Waals surface area (Å²) in [6, 6.07) is 6.23. The van der Waals surface area contributed by atoms with Crippen molar-refractivity contribution in [3.63, 3.8) is 0 Å². The maximum atomic E-state index is 13.2. The molecule has 2 heterocycles. The van der Waals surface area contributed by atoms with Crippen molar-refractivity contribution >= 4 is 5.91 Å². The second kappa shape index (κ2) is 6.64. The topological polar surface area (TPSA) is 64.7 Å². The van der Waals surface area contributed by atoms with Crippen LogP contribution in [-0.4, -0.2) is 25.2 Å². The lowest BCUT2D eigenvalue weighted by Crippen LogP contribution is -2.34. The summed E-state index contributed by atoms with van der Waals surface area (Å²) in [5.41, 5.74) is 3.27. The van der Waals surface area contributed by atoms with Crippen LogP contribution in [-0.2, 0) is 17.9 Å². The van der Waals surface area contributed by atoms with Gasteiger partial charge in [-0.2, -0.15) is 5.10 Å². The number of carbonyl (C=O) groups is 1. The zero-order chi connectivity index (χ0) is 19.0. The maximum absolute atomic E-state index is 13.2. The van der Waals surface area contributed by atoms with Crippen molar-refractivity contribution in [3.05, 3.63) is 65.8 Å². The quantitative estimate of drug-likeness (QED) is 0.729. The smallest absolute Gasteiger partial charge is 0.228 e. The fourth-order valence-electron chi connectivity index (χ4n) is 3.46. The Morgan fingerprint density at radius 3 is 2.63 bits per heavy atom. The Balaban J connectivity index is 1.47. The minimum absolute atomic E-state index is 0.0736. The molecule has 4 rings (SSSR count). The average Bonchev–Trinajstić information content (AvgIpc) is 3.14. The highest BCUT2D eigenvalue weighted by atomic mass is 19.1. The van der Waals surface area contributed by atoms with Crippen molar-refractivity contribution in [3.8, 4) is 5.69 Å². The van der Waals surface area contributed by atoms with Gasteiger partial charge in [0.1, 0.15) is 5.82 Å². The van der Waals surface area contributed by atoms with Gasteiger partial charge in [0.05, 0.1) is 23.1 Å². The second-order valence-corrected chi connectivity index (χ2v) is 7.24. The standard InChI is InChI=1S/C20H22FN5O/c1-14-18(15(2)26(24-14)17-5-3-16(21)4-6-17)11-23-19(27)20(7-8-20)12-25-10-9-22-13-25/h3-6,9-10,13H,7-8,11-12H2,1-2H3,(H,23,27). The van der Waals surface area contributed by atoms with E-state index in [1.54, 1.807) is 29.3 Å². The fraction of sp³-hybridized carbons (Fsp3) is 0.350. The lowest BCUT2D eigenvalue weighted by molar-refractivity contribution is -0.127. The van der Waals surface area contributed by atoms with Crippen LogP contribution in [0.15, 0.2) is 43.0 Å². The summed E-state index contributed by atoms with van der Waals surface area (Å²) in [4.78, 5) is 16.8. The molecule has 1 N–H and O–H groups in total. The van der Waals surface area contributed by atoms with Crippen molar-refractivity contribution in [2.24, 2.45) is 5.41 Å². The first-order valence-corrected chi connectivity index (χ1v) is 9.04. The largest absolute Gasteiger partial charge is 0.351 e. The van der Waals surface area contributed by atoms with Crippen molar-refractivity contribution in [2.75, 3.05) is 0 Å². The molecule has 7 heteroatoms. The van der Waals surface area contributed by atoms with Crippen molar-refractivity contribution in [1.82, 2.24) is 24.6 Å². The van der Waals surface area contributed by atoms with E-state index in [1.165, 1.54) is 12.1 Å². The van der Waals surface area contributed by atoms with Gasteiger partial charge in [-0.3, -0.25) is 4.79 Å². The van der Waals surface area contributed by atoms with Crippen LogP contribution in [0, 0.1) is 25.1 Å². The number of amides is 1. The minimum Gasteiger partial charge on any atom is -0.351 e. The summed E-state index contributed by atoms with van der Waals surface area (Å²) in [5.74, 6) is -0.204. The molecule has 6 nitrogen and oxygen atoms in total. The van der Waals surface area contributed by atoms with Gasteiger partial charge in [0.25, 0.3) is 0 Å². The van der Waals surface area contributed by atoms with Crippen molar-refractivity contribution < 1.29 is 9.18 Å². The molecular formula is C20H22FN5O. The Kier molecular flexibility index (Phi) is 4.30. The number of nitrogens with one attached hydrogen (secondary N) is 1. The summed E-state index contributed by atoms with van der Waals surface area (Å²) in [7, 11) is 0. The monoisotopic (exact) mass is 367 g/mol. The summed E-state index contributed by atoms with van der Waals surface area (Å²) in [6.07, 6.45) is 7.14. The summed E-state index contributed by atoms with van der Waals surface area (Å²) < 4.78 is 16.9. The number of rotatable bonds is 6. The van der Waals surface area contributed by atoms with E-state index in [4.69, 9.17) is 0 Å². The third kappa shape index (κ3) is 3.37.